The maximum absolute atomic E-state index is 13.2. The van der Waals surface area contributed by atoms with E-state index in [0.29, 0.717) is 10.9 Å². The van der Waals surface area contributed by atoms with Gasteiger partial charge in [0.05, 0.1) is 5.69 Å². The average Bonchev–Trinajstić information content (AvgIpc) is 2.62. The molecule has 1 aromatic carbocycles. The first kappa shape index (κ1) is 10.8. The standard InChI is InChI=1S/C13H12ClFN2/c14-10-4-9(5-11(15)6-10)13-7-12(16-17-13)8-2-1-3-8/h4-8H,1-3H2,(H,16,17). The normalized spacial score (nSPS) is 15.9. The highest BCUT2D eigenvalue weighted by Gasteiger charge is 2.21. The van der Waals surface area contributed by atoms with Crippen molar-refractivity contribution in [3.8, 4) is 11.3 Å². The molecule has 0 bridgehead atoms. The third kappa shape index (κ3) is 2.07. The van der Waals surface area contributed by atoms with Crippen LogP contribution in [-0.2, 0) is 0 Å². The van der Waals surface area contributed by atoms with Crippen LogP contribution in [0, 0.1) is 5.82 Å². The molecule has 1 heterocycles. The van der Waals surface area contributed by atoms with Crippen molar-refractivity contribution in [2.24, 2.45) is 0 Å². The van der Waals surface area contributed by atoms with Gasteiger partial charge in [0.25, 0.3) is 0 Å². The lowest BCUT2D eigenvalue weighted by atomic mass is 9.83. The monoisotopic (exact) mass is 250 g/mol. The van der Waals surface area contributed by atoms with Crippen LogP contribution < -0.4 is 0 Å². The molecule has 1 aromatic heterocycles. The van der Waals surface area contributed by atoms with Gasteiger partial charge in [0.15, 0.2) is 0 Å². The maximum atomic E-state index is 13.2. The van der Waals surface area contributed by atoms with Crippen molar-refractivity contribution in [2.75, 3.05) is 0 Å². The second-order valence-electron chi connectivity index (χ2n) is 4.49. The van der Waals surface area contributed by atoms with Crippen molar-refractivity contribution in [1.82, 2.24) is 10.2 Å². The third-order valence-corrected chi connectivity index (χ3v) is 3.52. The number of hydrogen-bond donors (Lipinski definition) is 1. The number of hydrogen-bond acceptors (Lipinski definition) is 1. The fourth-order valence-corrected chi connectivity index (χ4v) is 2.34. The van der Waals surface area contributed by atoms with E-state index in [2.05, 4.69) is 10.2 Å². The summed E-state index contributed by atoms with van der Waals surface area (Å²) in [6.07, 6.45) is 3.71. The van der Waals surface area contributed by atoms with Gasteiger partial charge in [-0.2, -0.15) is 5.10 Å². The maximum Gasteiger partial charge on any atom is 0.125 e. The largest absolute Gasteiger partial charge is 0.282 e. The lowest BCUT2D eigenvalue weighted by molar-refractivity contribution is 0.410. The zero-order valence-electron chi connectivity index (χ0n) is 9.21. The van der Waals surface area contributed by atoms with E-state index in [1.54, 1.807) is 6.07 Å². The minimum absolute atomic E-state index is 0.333. The molecular weight excluding hydrogens is 239 g/mol. The summed E-state index contributed by atoms with van der Waals surface area (Å²) in [6, 6.07) is 6.47. The van der Waals surface area contributed by atoms with E-state index in [4.69, 9.17) is 11.6 Å². The predicted octanol–water partition coefficient (Wildman–Crippen LogP) is 4.14. The summed E-state index contributed by atoms with van der Waals surface area (Å²) in [5, 5.41) is 7.65. The second kappa shape index (κ2) is 4.15. The van der Waals surface area contributed by atoms with Crippen LogP contribution in [0.5, 0.6) is 0 Å². The number of rotatable bonds is 2. The van der Waals surface area contributed by atoms with E-state index in [1.165, 1.54) is 31.4 Å². The highest BCUT2D eigenvalue weighted by atomic mass is 35.5. The minimum Gasteiger partial charge on any atom is -0.282 e. The van der Waals surface area contributed by atoms with E-state index in [1.807, 2.05) is 6.07 Å². The van der Waals surface area contributed by atoms with Gasteiger partial charge in [0.1, 0.15) is 5.82 Å². The summed E-state index contributed by atoms with van der Waals surface area (Å²) in [5.41, 5.74) is 2.62. The number of nitrogens with one attached hydrogen (secondary N) is 1. The Morgan fingerprint density at radius 2 is 2.06 bits per heavy atom. The smallest absolute Gasteiger partial charge is 0.125 e. The van der Waals surface area contributed by atoms with Crippen molar-refractivity contribution < 1.29 is 4.39 Å². The molecule has 0 radical (unpaired) electrons. The molecule has 88 valence electrons. The first-order valence-corrected chi connectivity index (χ1v) is 6.12. The van der Waals surface area contributed by atoms with E-state index in [9.17, 15) is 4.39 Å². The number of nitrogens with zero attached hydrogens (tertiary/aromatic N) is 1. The van der Waals surface area contributed by atoms with Crippen molar-refractivity contribution in [1.29, 1.82) is 0 Å². The number of halogens is 2. The molecule has 2 aromatic rings. The summed E-state index contributed by atoms with van der Waals surface area (Å²) in [4.78, 5) is 0. The molecule has 1 fully saturated rings. The van der Waals surface area contributed by atoms with E-state index in [0.717, 1.165) is 17.0 Å². The first-order chi connectivity index (χ1) is 8.22. The first-order valence-electron chi connectivity index (χ1n) is 5.74. The highest BCUT2D eigenvalue weighted by Crippen LogP contribution is 2.36. The van der Waals surface area contributed by atoms with E-state index >= 15 is 0 Å². The van der Waals surface area contributed by atoms with Crippen LogP contribution in [0.4, 0.5) is 4.39 Å². The topological polar surface area (TPSA) is 28.7 Å². The molecule has 1 aliphatic rings. The van der Waals surface area contributed by atoms with Gasteiger partial charge in [0.2, 0.25) is 0 Å². The Bertz CT molecular complexity index is 526. The number of aromatic amines is 1. The zero-order chi connectivity index (χ0) is 11.8. The Labute approximate surface area is 104 Å². The molecule has 0 atom stereocenters. The van der Waals surface area contributed by atoms with Gasteiger partial charge in [-0.3, -0.25) is 5.10 Å². The zero-order valence-corrected chi connectivity index (χ0v) is 9.97. The van der Waals surface area contributed by atoms with Gasteiger partial charge in [-0.05, 0) is 37.1 Å². The van der Waals surface area contributed by atoms with Crippen molar-refractivity contribution >= 4 is 11.6 Å². The Morgan fingerprint density at radius 1 is 1.24 bits per heavy atom. The Kier molecular flexibility index (Phi) is 2.63. The quantitative estimate of drug-likeness (QED) is 0.853. The fraction of sp³-hybridized carbons (Fsp3) is 0.308. The second-order valence-corrected chi connectivity index (χ2v) is 4.93. The molecule has 0 saturated heterocycles. The van der Waals surface area contributed by atoms with Crippen molar-refractivity contribution in [3.63, 3.8) is 0 Å². The van der Waals surface area contributed by atoms with Gasteiger partial charge < -0.3 is 0 Å². The predicted molar refractivity (Wildman–Crippen MR) is 65.6 cm³/mol. The van der Waals surface area contributed by atoms with Gasteiger partial charge in [-0.15, -0.1) is 0 Å². The Morgan fingerprint density at radius 3 is 2.71 bits per heavy atom. The molecule has 0 unspecified atom stereocenters. The Hall–Kier alpha value is -1.35. The number of aromatic nitrogens is 2. The third-order valence-electron chi connectivity index (χ3n) is 3.30. The van der Waals surface area contributed by atoms with Crippen LogP contribution in [0.3, 0.4) is 0 Å². The van der Waals surface area contributed by atoms with Crippen LogP contribution in [0.25, 0.3) is 11.3 Å². The molecular formula is C13H12ClFN2. The summed E-state index contributed by atoms with van der Waals surface area (Å²) in [7, 11) is 0. The number of H-pyrrole nitrogens is 1. The molecule has 0 aliphatic heterocycles. The van der Waals surface area contributed by atoms with Crippen LogP contribution in [0.1, 0.15) is 30.9 Å². The fourth-order valence-electron chi connectivity index (χ4n) is 2.11. The minimum atomic E-state index is -0.333. The SMILES string of the molecule is Fc1cc(Cl)cc(-c2cc(C3CCC3)[nH]n2)c1. The van der Waals surface area contributed by atoms with Crippen LogP contribution in [0.15, 0.2) is 24.3 Å². The molecule has 3 rings (SSSR count). The molecule has 0 spiro atoms. The molecule has 4 heteroatoms. The summed E-state index contributed by atoms with van der Waals surface area (Å²) in [6.45, 7) is 0. The molecule has 1 aliphatic carbocycles. The summed E-state index contributed by atoms with van der Waals surface area (Å²) in [5.74, 6) is 0.265. The van der Waals surface area contributed by atoms with Gasteiger partial charge in [0, 0.05) is 22.2 Å². The molecule has 1 saturated carbocycles. The van der Waals surface area contributed by atoms with E-state index < -0.39 is 0 Å². The van der Waals surface area contributed by atoms with Gasteiger partial charge >= 0.3 is 0 Å². The molecule has 17 heavy (non-hydrogen) atoms. The van der Waals surface area contributed by atoms with Crippen molar-refractivity contribution in [2.45, 2.75) is 25.2 Å². The van der Waals surface area contributed by atoms with Crippen LogP contribution in [0.2, 0.25) is 5.02 Å². The summed E-state index contributed by atoms with van der Waals surface area (Å²) < 4.78 is 13.2. The molecule has 2 nitrogen and oxygen atoms in total. The molecule has 0 amide bonds. The van der Waals surface area contributed by atoms with Crippen LogP contribution in [-0.4, -0.2) is 10.2 Å². The van der Waals surface area contributed by atoms with Gasteiger partial charge in [-0.1, -0.05) is 18.0 Å². The lowest BCUT2D eigenvalue weighted by Crippen LogP contribution is -2.08. The average molecular weight is 251 g/mol. The lowest BCUT2D eigenvalue weighted by Gasteiger charge is -2.23. The Balaban J connectivity index is 1.94. The van der Waals surface area contributed by atoms with E-state index in [-0.39, 0.29) is 5.82 Å². The molecule has 1 N–H and O–H groups in total. The highest BCUT2D eigenvalue weighted by molar-refractivity contribution is 6.30. The van der Waals surface area contributed by atoms with Gasteiger partial charge in [-0.25, -0.2) is 4.39 Å². The van der Waals surface area contributed by atoms with Crippen LogP contribution >= 0.6 is 11.6 Å². The van der Waals surface area contributed by atoms with Crippen molar-refractivity contribution in [3.05, 3.63) is 40.8 Å². The summed E-state index contributed by atoms with van der Waals surface area (Å²) >= 11 is 5.83. The number of benzene rings is 1.